The monoisotopic (exact) mass is 378 g/mol. The molecule has 0 spiro atoms. The molecule has 1 fully saturated rings. The van der Waals surface area contributed by atoms with Crippen LogP contribution in [0, 0.1) is 0 Å². The topological polar surface area (TPSA) is 83.7 Å². The minimum absolute atomic E-state index is 0.0549. The van der Waals surface area contributed by atoms with Crippen LogP contribution in [0.4, 0.5) is 0 Å². The van der Waals surface area contributed by atoms with Crippen LogP contribution in [-0.4, -0.2) is 42.2 Å². The number of thioether (sulfide) groups is 1. The molecule has 26 heavy (non-hydrogen) atoms. The van der Waals surface area contributed by atoms with Crippen molar-refractivity contribution < 1.29 is 23.4 Å². The van der Waals surface area contributed by atoms with Gasteiger partial charge in [-0.05, 0) is 37.8 Å². The molecular formula is C18H22N2O5S. The van der Waals surface area contributed by atoms with Crippen molar-refractivity contribution in [3.63, 3.8) is 0 Å². The second-order valence-electron chi connectivity index (χ2n) is 6.01. The summed E-state index contributed by atoms with van der Waals surface area (Å²) in [5, 5.41) is 8.33. The number of aromatic nitrogens is 2. The van der Waals surface area contributed by atoms with Crippen LogP contribution >= 0.6 is 11.8 Å². The van der Waals surface area contributed by atoms with Gasteiger partial charge in [-0.25, -0.2) is 0 Å². The summed E-state index contributed by atoms with van der Waals surface area (Å²) in [6, 6.07) is 5.32. The van der Waals surface area contributed by atoms with Crippen molar-refractivity contribution in [2.24, 2.45) is 0 Å². The molecule has 8 heteroatoms. The fraction of sp³-hybridized carbons (Fsp3) is 0.500. The first kappa shape index (κ1) is 18.6. The maximum absolute atomic E-state index is 12.0. The molecule has 140 valence electrons. The highest BCUT2D eigenvalue weighted by atomic mass is 32.2. The quantitative estimate of drug-likeness (QED) is 0.532. The summed E-state index contributed by atoms with van der Waals surface area (Å²) in [4.78, 5) is 12.0. The van der Waals surface area contributed by atoms with Crippen LogP contribution in [0.2, 0.25) is 0 Å². The average Bonchev–Trinajstić information content (AvgIpc) is 3.16. The maximum Gasteiger partial charge on any atom is 0.316 e. The van der Waals surface area contributed by atoms with E-state index in [1.807, 2.05) is 0 Å². The van der Waals surface area contributed by atoms with Gasteiger partial charge in [0, 0.05) is 11.6 Å². The SMILES string of the molecule is COc1cc(OC)cc(-c2nnc(SCC(=O)OC3CCCCC3)o2)c1. The molecule has 2 aromatic rings. The van der Waals surface area contributed by atoms with E-state index in [4.69, 9.17) is 18.6 Å². The van der Waals surface area contributed by atoms with E-state index in [1.165, 1.54) is 18.2 Å². The number of hydrogen-bond donors (Lipinski definition) is 0. The van der Waals surface area contributed by atoms with E-state index < -0.39 is 0 Å². The number of benzene rings is 1. The summed E-state index contributed by atoms with van der Waals surface area (Å²) < 4.78 is 21.6. The molecule has 0 bridgehead atoms. The Bertz CT molecular complexity index is 721. The molecule has 0 N–H and O–H groups in total. The van der Waals surface area contributed by atoms with Gasteiger partial charge in [-0.2, -0.15) is 0 Å². The normalized spacial score (nSPS) is 14.8. The van der Waals surface area contributed by atoms with Gasteiger partial charge in [0.05, 0.1) is 14.2 Å². The molecule has 1 aliphatic carbocycles. The molecule has 0 amide bonds. The Labute approximate surface area is 156 Å². The van der Waals surface area contributed by atoms with Crippen LogP contribution in [0.3, 0.4) is 0 Å². The third kappa shape index (κ3) is 4.91. The Morgan fingerprint density at radius 2 is 1.81 bits per heavy atom. The molecule has 1 heterocycles. The highest BCUT2D eigenvalue weighted by Crippen LogP contribution is 2.30. The molecule has 1 aliphatic rings. The largest absolute Gasteiger partial charge is 0.497 e. The molecule has 7 nitrogen and oxygen atoms in total. The third-order valence-corrected chi connectivity index (χ3v) is 4.96. The van der Waals surface area contributed by atoms with Gasteiger partial charge in [0.15, 0.2) is 0 Å². The summed E-state index contributed by atoms with van der Waals surface area (Å²) in [5.74, 6) is 1.50. The lowest BCUT2D eigenvalue weighted by molar-refractivity contribution is -0.147. The highest BCUT2D eigenvalue weighted by molar-refractivity contribution is 7.99. The number of carbonyl (C=O) groups excluding carboxylic acids is 1. The molecule has 0 atom stereocenters. The fourth-order valence-electron chi connectivity index (χ4n) is 2.84. The third-order valence-electron chi connectivity index (χ3n) is 4.17. The van der Waals surface area contributed by atoms with Gasteiger partial charge in [0.2, 0.25) is 5.89 Å². The van der Waals surface area contributed by atoms with Crippen LogP contribution in [0.5, 0.6) is 11.5 Å². The lowest BCUT2D eigenvalue weighted by Gasteiger charge is -2.21. The summed E-state index contributed by atoms with van der Waals surface area (Å²) in [6.45, 7) is 0. The Morgan fingerprint density at radius 1 is 1.12 bits per heavy atom. The lowest BCUT2D eigenvalue weighted by atomic mass is 9.98. The summed E-state index contributed by atoms with van der Waals surface area (Å²) in [6.07, 6.45) is 5.45. The van der Waals surface area contributed by atoms with Crippen LogP contribution in [0.1, 0.15) is 32.1 Å². The first-order valence-electron chi connectivity index (χ1n) is 8.57. The van der Waals surface area contributed by atoms with E-state index in [-0.39, 0.29) is 17.8 Å². The van der Waals surface area contributed by atoms with Gasteiger partial charge in [0.1, 0.15) is 23.4 Å². The smallest absolute Gasteiger partial charge is 0.316 e. The van der Waals surface area contributed by atoms with E-state index in [9.17, 15) is 4.79 Å². The summed E-state index contributed by atoms with van der Waals surface area (Å²) >= 11 is 1.18. The zero-order valence-corrected chi connectivity index (χ0v) is 15.7. The number of methoxy groups -OCH3 is 2. The second-order valence-corrected chi connectivity index (χ2v) is 6.94. The van der Waals surface area contributed by atoms with Crippen molar-refractivity contribution in [1.29, 1.82) is 0 Å². The zero-order valence-electron chi connectivity index (χ0n) is 14.9. The standard InChI is InChI=1S/C18H22N2O5S/c1-22-14-8-12(9-15(10-14)23-2)17-19-20-18(25-17)26-11-16(21)24-13-6-4-3-5-7-13/h8-10,13H,3-7,11H2,1-2H3. The maximum atomic E-state index is 12.0. The van der Waals surface area contributed by atoms with Crippen molar-refractivity contribution in [2.45, 2.75) is 43.4 Å². The Balaban J connectivity index is 1.58. The van der Waals surface area contributed by atoms with Crippen LogP contribution < -0.4 is 9.47 Å². The molecule has 1 aromatic carbocycles. The molecular weight excluding hydrogens is 356 g/mol. The molecule has 0 aliphatic heterocycles. The van der Waals surface area contributed by atoms with Gasteiger partial charge in [-0.1, -0.05) is 18.2 Å². The number of carbonyl (C=O) groups is 1. The van der Waals surface area contributed by atoms with Crippen LogP contribution in [-0.2, 0) is 9.53 Å². The first-order chi connectivity index (χ1) is 12.7. The average molecular weight is 378 g/mol. The summed E-state index contributed by atoms with van der Waals surface area (Å²) in [5.41, 5.74) is 0.685. The molecule has 1 aromatic heterocycles. The van der Waals surface area contributed by atoms with Crippen molar-refractivity contribution in [3.8, 4) is 23.0 Å². The molecule has 0 saturated heterocycles. The lowest BCUT2D eigenvalue weighted by Crippen LogP contribution is -2.21. The predicted octanol–water partition coefficient (Wildman–Crippen LogP) is 3.72. The Kier molecular flexibility index (Phi) is 6.38. The van der Waals surface area contributed by atoms with Gasteiger partial charge >= 0.3 is 5.97 Å². The molecule has 1 saturated carbocycles. The van der Waals surface area contributed by atoms with E-state index >= 15 is 0 Å². The van der Waals surface area contributed by atoms with Crippen LogP contribution in [0.15, 0.2) is 27.8 Å². The number of ether oxygens (including phenoxy) is 3. The minimum Gasteiger partial charge on any atom is -0.497 e. The fourth-order valence-corrected chi connectivity index (χ4v) is 3.39. The number of esters is 1. The minimum atomic E-state index is -0.246. The second kappa shape index (κ2) is 8.93. The zero-order chi connectivity index (χ0) is 18.4. The van der Waals surface area contributed by atoms with E-state index in [0.29, 0.717) is 28.2 Å². The number of rotatable bonds is 7. The van der Waals surface area contributed by atoms with Crippen molar-refractivity contribution in [2.75, 3.05) is 20.0 Å². The van der Waals surface area contributed by atoms with Crippen molar-refractivity contribution in [1.82, 2.24) is 10.2 Å². The van der Waals surface area contributed by atoms with Gasteiger partial charge in [0.25, 0.3) is 5.22 Å². The van der Waals surface area contributed by atoms with Gasteiger partial charge in [-0.15, -0.1) is 10.2 Å². The summed E-state index contributed by atoms with van der Waals surface area (Å²) in [7, 11) is 3.15. The molecule has 0 unspecified atom stereocenters. The number of nitrogens with zero attached hydrogens (tertiary/aromatic N) is 2. The van der Waals surface area contributed by atoms with Gasteiger partial charge in [-0.3, -0.25) is 4.79 Å². The molecule has 0 radical (unpaired) electrons. The van der Waals surface area contributed by atoms with E-state index in [2.05, 4.69) is 10.2 Å². The number of hydrogen-bond acceptors (Lipinski definition) is 8. The van der Waals surface area contributed by atoms with Crippen LogP contribution in [0.25, 0.3) is 11.5 Å². The van der Waals surface area contributed by atoms with Gasteiger partial charge < -0.3 is 18.6 Å². The Morgan fingerprint density at radius 3 is 2.46 bits per heavy atom. The first-order valence-corrected chi connectivity index (χ1v) is 9.55. The van der Waals surface area contributed by atoms with Crippen molar-refractivity contribution in [3.05, 3.63) is 18.2 Å². The predicted molar refractivity (Wildman–Crippen MR) is 96.5 cm³/mol. The van der Waals surface area contributed by atoms with E-state index in [0.717, 1.165) is 25.7 Å². The Hall–Kier alpha value is -2.22. The molecule has 3 rings (SSSR count). The van der Waals surface area contributed by atoms with E-state index in [1.54, 1.807) is 32.4 Å². The highest BCUT2D eigenvalue weighted by Gasteiger charge is 2.19. The van der Waals surface area contributed by atoms with Crippen molar-refractivity contribution >= 4 is 17.7 Å².